The van der Waals surface area contributed by atoms with Gasteiger partial charge in [-0.2, -0.15) is 0 Å². The Morgan fingerprint density at radius 3 is 2.92 bits per heavy atom. The first-order valence-corrected chi connectivity index (χ1v) is 8.26. The molecule has 1 aromatic carbocycles. The van der Waals surface area contributed by atoms with E-state index >= 15 is 0 Å². The van der Waals surface area contributed by atoms with Crippen molar-refractivity contribution in [1.29, 1.82) is 0 Å². The highest BCUT2D eigenvalue weighted by atomic mass is 35.5. The van der Waals surface area contributed by atoms with Crippen molar-refractivity contribution in [1.82, 2.24) is 9.97 Å². The number of hydrogen-bond acceptors (Lipinski definition) is 3. The summed E-state index contributed by atoms with van der Waals surface area (Å²) in [6.07, 6.45) is 14.6. The molecule has 3 nitrogen and oxygen atoms in total. The molecule has 2 heterocycles. The molecule has 3 aromatic rings. The number of benzene rings is 1. The van der Waals surface area contributed by atoms with E-state index in [0.717, 1.165) is 28.1 Å². The average Bonchev–Trinajstić information content (AvgIpc) is 3.00. The van der Waals surface area contributed by atoms with Crippen LogP contribution in [0.4, 0.5) is 0 Å². The maximum absolute atomic E-state index is 6.08. The van der Waals surface area contributed by atoms with E-state index in [-0.39, 0.29) is 5.92 Å². The smallest absolute Gasteiger partial charge is 0.246 e. The highest BCUT2D eigenvalue weighted by Gasteiger charge is 2.30. The molecule has 2 aliphatic rings. The molecule has 0 radical (unpaired) electrons. The Kier molecular flexibility index (Phi) is 2.97. The average molecular weight is 333 g/mol. The van der Waals surface area contributed by atoms with Gasteiger partial charge in [0.2, 0.25) is 5.71 Å². The molecule has 116 valence electrons. The van der Waals surface area contributed by atoms with Crippen molar-refractivity contribution in [2.75, 3.05) is 0 Å². The van der Waals surface area contributed by atoms with Gasteiger partial charge >= 0.3 is 0 Å². The number of aromatic nitrogens is 2. The zero-order valence-electron chi connectivity index (χ0n) is 12.7. The molecule has 0 saturated heterocycles. The van der Waals surface area contributed by atoms with E-state index in [0.29, 0.717) is 16.7 Å². The summed E-state index contributed by atoms with van der Waals surface area (Å²) in [6.45, 7) is 0. The largest absolute Gasteiger partial charge is 0.437 e. The van der Waals surface area contributed by atoms with Crippen LogP contribution in [0, 0.1) is 5.92 Å². The summed E-state index contributed by atoms with van der Waals surface area (Å²) in [5, 5.41) is 0.679. The Morgan fingerprint density at radius 2 is 2.00 bits per heavy atom. The van der Waals surface area contributed by atoms with Gasteiger partial charge in [-0.25, -0.2) is 9.97 Å². The van der Waals surface area contributed by atoms with E-state index in [4.69, 9.17) is 16.0 Å². The van der Waals surface area contributed by atoms with Gasteiger partial charge in [-0.3, -0.25) is 0 Å². The van der Waals surface area contributed by atoms with Crippen molar-refractivity contribution >= 4 is 28.9 Å². The fraction of sp³-hybridized carbons (Fsp3) is 0.100. The van der Waals surface area contributed by atoms with E-state index in [2.05, 4.69) is 40.3 Å². The standard InChI is InChI=1S/C20H13ClN2O/c21-14-6-3-5-13(10-14)16-11-22-19-18-15-7-2-1-4-12(15)8-9-17(18)24-20(19)23-16/h1-12,15H. The van der Waals surface area contributed by atoms with Crippen LogP contribution in [0.1, 0.15) is 17.2 Å². The third-order valence-electron chi connectivity index (χ3n) is 4.57. The second-order valence-corrected chi connectivity index (χ2v) is 6.47. The summed E-state index contributed by atoms with van der Waals surface area (Å²) in [4.78, 5) is 9.33. The van der Waals surface area contributed by atoms with Gasteiger partial charge in [0.25, 0.3) is 0 Å². The fourth-order valence-corrected chi connectivity index (χ4v) is 3.62. The molecule has 0 bridgehead atoms. The Hall–Kier alpha value is -2.65. The molecule has 2 unspecified atom stereocenters. The summed E-state index contributed by atoms with van der Waals surface area (Å²) in [5.41, 5.74) is 4.24. The van der Waals surface area contributed by atoms with Crippen LogP contribution in [0.15, 0.2) is 65.3 Å². The van der Waals surface area contributed by atoms with Gasteiger partial charge in [-0.15, -0.1) is 0 Å². The topological polar surface area (TPSA) is 38.9 Å². The first-order chi connectivity index (χ1) is 11.8. The number of allylic oxidation sites excluding steroid dienone is 5. The predicted molar refractivity (Wildman–Crippen MR) is 95.8 cm³/mol. The highest BCUT2D eigenvalue weighted by molar-refractivity contribution is 6.30. The van der Waals surface area contributed by atoms with E-state index in [1.54, 1.807) is 6.20 Å². The van der Waals surface area contributed by atoms with Gasteiger partial charge in [0.05, 0.1) is 11.9 Å². The van der Waals surface area contributed by atoms with Crippen molar-refractivity contribution in [3.63, 3.8) is 0 Å². The lowest BCUT2D eigenvalue weighted by Gasteiger charge is -2.24. The van der Waals surface area contributed by atoms with Crippen molar-refractivity contribution < 1.29 is 4.42 Å². The van der Waals surface area contributed by atoms with Gasteiger partial charge in [0.1, 0.15) is 11.3 Å². The first-order valence-electron chi connectivity index (χ1n) is 7.88. The van der Waals surface area contributed by atoms with E-state index < -0.39 is 0 Å². The molecule has 0 amide bonds. The number of fused-ring (bicyclic) bond motifs is 5. The number of rotatable bonds is 1. The fourth-order valence-electron chi connectivity index (χ4n) is 3.43. The maximum Gasteiger partial charge on any atom is 0.246 e. The first kappa shape index (κ1) is 13.8. The van der Waals surface area contributed by atoms with Gasteiger partial charge in [0.15, 0.2) is 0 Å². The number of halogens is 1. The molecule has 2 aromatic heterocycles. The Bertz CT molecular complexity index is 1040. The monoisotopic (exact) mass is 332 g/mol. The molecular weight excluding hydrogens is 320 g/mol. The van der Waals surface area contributed by atoms with Crippen LogP contribution < -0.4 is 0 Å². The minimum Gasteiger partial charge on any atom is -0.437 e. The third kappa shape index (κ3) is 2.05. The predicted octanol–water partition coefficient (Wildman–Crippen LogP) is 5.40. The summed E-state index contributed by atoms with van der Waals surface area (Å²) >= 11 is 6.08. The van der Waals surface area contributed by atoms with Crippen molar-refractivity contribution in [2.24, 2.45) is 5.92 Å². The van der Waals surface area contributed by atoms with Crippen LogP contribution in [-0.4, -0.2) is 9.97 Å². The number of nitrogens with zero attached hydrogens (tertiary/aromatic N) is 2. The molecule has 2 aliphatic carbocycles. The lowest BCUT2D eigenvalue weighted by Crippen LogP contribution is -2.12. The molecule has 0 spiro atoms. The van der Waals surface area contributed by atoms with Crippen LogP contribution in [0.25, 0.3) is 28.6 Å². The lowest BCUT2D eigenvalue weighted by atomic mass is 9.79. The Balaban J connectivity index is 1.68. The van der Waals surface area contributed by atoms with Gasteiger partial charge in [-0.05, 0) is 18.2 Å². The molecule has 0 saturated carbocycles. The van der Waals surface area contributed by atoms with Gasteiger partial charge in [0, 0.05) is 28.0 Å². The normalized spacial score (nSPS) is 21.0. The minimum atomic E-state index is 0.266. The Morgan fingerprint density at radius 1 is 1.08 bits per heavy atom. The minimum absolute atomic E-state index is 0.266. The second kappa shape index (κ2) is 5.18. The SMILES string of the molecule is Clc1cccc(-c2cnc3c4c(oc3n2)C=CC2C=CC=CC42)c1. The van der Waals surface area contributed by atoms with Crippen LogP contribution in [-0.2, 0) is 0 Å². The summed E-state index contributed by atoms with van der Waals surface area (Å²) in [7, 11) is 0. The molecule has 2 atom stereocenters. The molecule has 5 rings (SSSR count). The summed E-state index contributed by atoms with van der Waals surface area (Å²) < 4.78 is 5.98. The Labute approximate surface area is 144 Å². The van der Waals surface area contributed by atoms with Crippen molar-refractivity contribution in [3.8, 4) is 11.3 Å². The molecule has 4 heteroatoms. The number of furan rings is 1. The summed E-state index contributed by atoms with van der Waals surface area (Å²) in [6, 6.07) is 7.60. The lowest BCUT2D eigenvalue weighted by molar-refractivity contribution is 0.569. The molecule has 0 N–H and O–H groups in total. The number of hydrogen-bond donors (Lipinski definition) is 0. The van der Waals surface area contributed by atoms with Crippen molar-refractivity contribution in [2.45, 2.75) is 5.92 Å². The van der Waals surface area contributed by atoms with E-state index in [1.165, 1.54) is 0 Å². The van der Waals surface area contributed by atoms with Crippen LogP contribution in [0.3, 0.4) is 0 Å². The van der Waals surface area contributed by atoms with Crippen LogP contribution >= 0.6 is 11.6 Å². The zero-order valence-corrected chi connectivity index (χ0v) is 13.4. The second-order valence-electron chi connectivity index (χ2n) is 6.03. The molecular formula is C20H13ClN2O. The molecule has 0 aliphatic heterocycles. The van der Waals surface area contributed by atoms with Gasteiger partial charge < -0.3 is 4.42 Å². The molecule has 24 heavy (non-hydrogen) atoms. The van der Waals surface area contributed by atoms with E-state index in [9.17, 15) is 0 Å². The summed E-state index contributed by atoms with van der Waals surface area (Å²) in [5.74, 6) is 1.48. The van der Waals surface area contributed by atoms with Crippen molar-refractivity contribution in [3.05, 3.63) is 77.2 Å². The van der Waals surface area contributed by atoms with Crippen LogP contribution in [0.2, 0.25) is 5.02 Å². The highest BCUT2D eigenvalue weighted by Crippen LogP contribution is 2.42. The van der Waals surface area contributed by atoms with Gasteiger partial charge in [-0.1, -0.05) is 54.1 Å². The third-order valence-corrected chi connectivity index (χ3v) is 4.80. The zero-order chi connectivity index (χ0) is 16.1. The molecule has 0 fully saturated rings. The quantitative estimate of drug-likeness (QED) is 0.599. The van der Waals surface area contributed by atoms with Crippen LogP contribution in [0.5, 0.6) is 0 Å². The maximum atomic E-state index is 6.08. The van der Waals surface area contributed by atoms with E-state index in [1.807, 2.05) is 30.3 Å².